The number of nitrogen functional groups attached to an aromatic ring is 1. The molecule has 0 unspecified atom stereocenters. The number of rotatable bonds is 4. The molecule has 0 aromatic carbocycles. The Morgan fingerprint density at radius 3 is 2.90 bits per heavy atom. The number of pyridine rings is 1. The predicted molar refractivity (Wildman–Crippen MR) is 79.7 cm³/mol. The minimum absolute atomic E-state index is 0.0326. The highest BCUT2D eigenvalue weighted by Crippen LogP contribution is 2.32. The van der Waals surface area contributed by atoms with Gasteiger partial charge in [0.05, 0.1) is 16.9 Å². The second-order valence-corrected chi connectivity index (χ2v) is 5.36. The highest BCUT2D eigenvalue weighted by molar-refractivity contribution is 7.21. The Morgan fingerprint density at radius 1 is 1.50 bits per heavy atom. The van der Waals surface area contributed by atoms with Gasteiger partial charge in [-0.25, -0.2) is 0 Å². The van der Waals surface area contributed by atoms with Gasteiger partial charge in [0, 0.05) is 31.4 Å². The van der Waals surface area contributed by atoms with E-state index in [4.69, 9.17) is 5.73 Å². The average Bonchev–Trinajstić information content (AvgIpc) is 2.81. The number of anilines is 1. The third-order valence-electron chi connectivity index (χ3n) is 3.04. The number of nitrogens with zero attached hydrogens (tertiary/aromatic N) is 2. The summed E-state index contributed by atoms with van der Waals surface area (Å²) in [6.07, 6.45) is 3.30. The molecule has 0 spiro atoms. The van der Waals surface area contributed by atoms with Crippen molar-refractivity contribution in [1.82, 2.24) is 15.2 Å². The highest BCUT2D eigenvalue weighted by atomic mass is 32.1. The molecule has 0 aliphatic rings. The fraction of sp³-hybridized carbons (Fsp3) is 0.308. The molecule has 2 heterocycles. The molecule has 0 aliphatic carbocycles. The van der Waals surface area contributed by atoms with Crippen LogP contribution in [-0.4, -0.2) is 41.8 Å². The van der Waals surface area contributed by atoms with E-state index in [1.54, 1.807) is 30.4 Å². The van der Waals surface area contributed by atoms with E-state index in [9.17, 15) is 9.59 Å². The molecular formula is C13H16N4O2S. The quantitative estimate of drug-likeness (QED) is 0.883. The Hall–Kier alpha value is -2.15. The van der Waals surface area contributed by atoms with E-state index in [2.05, 4.69) is 10.3 Å². The van der Waals surface area contributed by atoms with Crippen LogP contribution in [0.3, 0.4) is 0 Å². The summed E-state index contributed by atoms with van der Waals surface area (Å²) in [6, 6.07) is 1.77. The largest absolute Gasteiger partial charge is 0.397 e. The van der Waals surface area contributed by atoms with E-state index in [1.165, 1.54) is 11.3 Å². The van der Waals surface area contributed by atoms with Crippen LogP contribution in [0.15, 0.2) is 18.5 Å². The smallest absolute Gasteiger partial charge is 0.263 e. The van der Waals surface area contributed by atoms with Gasteiger partial charge in [0.15, 0.2) is 0 Å². The van der Waals surface area contributed by atoms with Crippen molar-refractivity contribution in [2.24, 2.45) is 0 Å². The molecule has 0 bridgehead atoms. The van der Waals surface area contributed by atoms with Crippen LogP contribution in [0, 0.1) is 0 Å². The second kappa shape index (κ2) is 5.87. The van der Waals surface area contributed by atoms with Crippen LogP contribution in [0.5, 0.6) is 0 Å². The molecule has 0 fully saturated rings. The Bertz CT molecular complexity index is 653. The summed E-state index contributed by atoms with van der Waals surface area (Å²) in [7, 11) is 1.69. The molecule has 2 aromatic rings. The minimum atomic E-state index is -0.332. The van der Waals surface area contributed by atoms with Crippen molar-refractivity contribution in [1.29, 1.82) is 0 Å². The maximum Gasteiger partial charge on any atom is 0.263 e. The van der Waals surface area contributed by atoms with Crippen LogP contribution >= 0.6 is 11.3 Å². The fourth-order valence-corrected chi connectivity index (χ4v) is 2.69. The summed E-state index contributed by atoms with van der Waals surface area (Å²) < 4.78 is 0.854. The standard InChI is InChI=1S/C13H16N4O2S/c1-3-17(2)10(18)7-16-13(19)12-11(14)8-4-5-15-6-9(8)20-12/h4-6H,3,7,14H2,1-2H3,(H,16,19). The Labute approximate surface area is 120 Å². The number of hydrogen-bond donors (Lipinski definition) is 2. The molecule has 0 aliphatic heterocycles. The highest BCUT2D eigenvalue weighted by Gasteiger charge is 2.17. The summed E-state index contributed by atoms with van der Waals surface area (Å²) in [5.74, 6) is -0.469. The molecule has 20 heavy (non-hydrogen) atoms. The van der Waals surface area contributed by atoms with Crippen LogP contribution in [0.4, 0.5) is 5.69 Å². The van der Waals surface area contributed by atoms with E-state index in [-0.39, 0.29) is 18.4 Å². The topological polar surface area (TPSA) is 88.3 Å². The van der Waals surface area contributed by atoms with Crippen LogP contribution in [0.25, 0.3) is 10.1 Å². The number of likely N-dealkylation sites (N-methyl/N-ethyl adjacent to an activating group) is 1. The summed E-state index contributed by atoms with van der Waals surface area (Å²) in [4.78, 5) is 29.7. The van der Waals surface area contributed by atoms with Crippen molar-refractivity contribution in [2.75, 3.05) is 25.9 Å². The molecule has 0 saturated heterocycles. The first-order valence-electron chi connectivity index (χ1n) is 6.18. The lowest BCUT2D eigenvalue weighted by molar-refractivity contribution is -0.128. The van der Waals surface area contributed by atoms with Gasteiger partial charge < -0.3 is 16.0 Å². The zero-order valence-corrected chi connectivity index (χ0v) is 12.2. The summed E-state index contributed by atoms with van der Waals surface area (Å²) in [6.45, 7) is 2.44. The third kappa shape index (κ3) is 2.72. The maximum absolute atomic E-state index is 12.1. The third-order valence-corrected chi connectivity index (χ3v) is 4.19. The number of aromatic nitrogens is 1. The fourth-order valence-electron chi connectivity index (χ4n) is 1.69. The van der Waals surface area contributed by atoms with Gasteiger partial charge >= 0.3 is 0 Å². The summed E-state index contributed by atoms with van der Waals surface area (Å²) in [5.41, 5.74) is 6.39. The van der Waals surface area contributed by atoms with Crippen molar-refractivity contribution in [2.45, 2.75) is 6.92 Å². The molecule has 0 atom stereocenters. The zero-order chi connectivity index (χ0) is 14.7. The Morgan fingerprint density at radius 2 is 2.25 bits per heavy atom. The Kier molecular flexibility index (Phi) is 4.19. The van der Waals surface area contributed by atoms with Gasteiger partial charge in [-0.1, -0.05) is 0 Å². The average molecular weight is 292 g/mol. The van der Waals surface area contributed by atoms with E-state index in [0.717, 1.165) is 10.1 Å². The molecule has 0 saturated carbocycles. The van der Waals surface area contributed by atoms with Crippen molar-refractivity contribution >= 4 is 38.9 Å². The van der Waals surface area contributed by atoms with Gasteiger partial charge in [-0.3, -0.25) is 14.6 Å². The van der Waals surface area contributed by atoms with Crippen LogP contribution in [0.2, 0.25) is 0 Å². The first-order chi connectivity index (χ1) is 9.54. The molecule has 3 N–H and O–H groups in total. The molecular weight excluding hydrogens is 276 g/mol. The number of nitrogens with one attached hydrogen (secondary N) is 1. The number of amides is 2. The van der Waals surface area contributed by atoms with E-state index >= 15 is 0 Å². The molecule has 2 aromatic heterocycles. The predicted octanol–water partition coefficient (Wildman–Crippen LogP) is 1.09. The SMILES string of the molecule is CCN(C)C(=O)CNC(=O)c1sc2cnccc2c1N. The van der Waals surface area contributed by atoms with Gasteiger partial charge in [0.25, 0.3) is 5.91 Å². The van der Waals surface area contributed by atoms with E-state index < -0.39 is 0 Å². The first kappa shape index (κ1) is 14.3. The molecule has 0 radical (unpaired) electrons. The first-order valence-corrected chi connectivity index (χ1v) is 7.00. The number of hydrogen-bond acceptors (Lipinski definition) is 5. The number of carbonyl (C=O) groups is 2. The molecule has 6 nitrogen and oxygen atoms in total. The van der Waals surface area contributed by atoms with E-state index in [1.807, 2.05) is 6.92 Å². The molecule has 2 rings (SSSR count). The van der Waals surface area contributed by atoms with Crippen molar-refractivity contribution in [3.05, 3.63) is 23.3 Å². The lowest BCUT2D eigenvalue weighted by Crippen LogP contribution is -2.37. The number of nitrogens with two attached hydrogens (primary N) is 1. The van der Waals surface area contributed by atoms with Crippen molar-refractivity contribution in [3.8, 4) is 0 Å². The van der Waals surface area contributed by atoms with Gasteiger partial charge in [0.2, 0.25) is 5.91 Å². The lowest BCUT2D eigenvalue weighted by Gasteiger charge is -2.14. The maximum atomic E-state index is 12.1. The summed E-state index contributed by atoms with van der Waals surface area (Å²) in [5, 5.41) is 3.41. The monoisotopic (exact) mass is 292 g/mol. The molecule has 2 amide bonds. The summed E-state index contributed by atoms with van der Waals surface area (Å²) >= 11 is 1.27. The zero-order valence-electron chi connectivity index (χ0n) is 11.3. The van der Waals surface area contributed by atoms with Crippen LogP contribution < -0.4 is 11.1 Å². The second-order valence-electron chi connectivity index (χ2n) is 4.31. The van der Waals surface area contributed by atoms with Gasteiger partial charge in [-0.15, -0.1) is 11.3 Å². The van der Waals surface area contributed by atoms with Gasteiger partial charge in [0.1, 0.15) is 4.88 Å². The van der Waals surface area contributed by atoms with Gasteiger partial charge in [-0.2, -0.15) is 0 Å². The normalized spacial score (nSPS) is 10.5. The minimum Gasteiger partial charge on any atom is -0.397 e. The molecule has 106 valence electrons. The lowest BCUT2D eigenvalue weighted by atomic mass is 10.2. The van der Waals surface area contributed by atoms with Crippen molar-refractivity contribution in [3.63, 3.8) is 0 Å². The molecule has 7 heteroatoms. The van der Waals surface area contributed by atoms with Gasteiger partial charge in [-0.05, 0) is 13.0 Å². The van der Waals surface area contributed by atoms with Crippen molar-refractivity contribution < 1.29 is 9.59 Å². The van der Waals surface area contributed by atoms with Crippen LogP contribution in [0.1, 0.15) is 16.6 Å². The number of carbonyl (C=O) groups excluding carboxylic acids is 2. The Balaban J connectivity index is 2.12. The van der Waals surface area contributed by atoms with Crippen LogP contribution in [-0.2, 0) is 4.79 Å². The van der Waals surface area contributed by atoms with E-state index in [0.29, 0.717) is 17.1 Å². The number of fused-ring (bicyclic) bond motifs is 1. The number of thiophene rings is 1.